The molecule has 0 bridgehead atoms. The molecule has 1 aliphatic heterocycles. The van der Waals surface area contributed by atoms with E-state index in [0.717, 1.165) is 5.56 Å². The molecule has 152 valence electrons. The van der Waals surface area contributed by atoms with Crippen LogP contribution in [-0.4, -0.2) is 45.2 Å². The highest BCUT2D eigenvalue weighted by molar-refractivity contribution is 7.91. The highest BCUT2D eigenvalue weighted by Crippen LogP contribution is 2.25. The fourth-order valence-electron chi connectivity index (χ4n) is 3.36. The summed E-state index contributed by atoms with van der Waals surface area (Å²) in [5.41, 5.74) is 0.691. The molecule has 9 nitrogen and oxygen atoms in total. The molecule has 1 unspecified atom stereocenters. The third-order valence-electron chi connectivity index (χ3n) is 4.88. The number of sulfone groups is 1. The summed E-state index contributed by atoms with van der Waals surface area (Å²) in [5.74, 6) is -0.275. The molecule has 29 heavy (non-hydrogen) atoms. The monoisotopic (exact) mass is 435 g/mol. The summed E-state index contributed by atoms with van der Waals surface area (Å²) in [6.45, 7) is 0.0478. The first-order chi connectivity index (χ1) is 13.8. The molecule has 11 heteroatoms. The van der Waals surface area contributed by atoms with Crippen LogP contribution in [-0.2, 0) is 27.7 Å². The quantitative estimate of drug-likeness (QED) is 0.637. The predicted molar refractivity (Wildman–Crippen MR) is 107 cm³/mol. The van der Waals surface area contributed by atoms with Crippen molar-refractivity contribution in [2.45, 2.75) is 25.6 Å². The second-order valence-corrected chi connectivity index (χ2v) is 9.56. The molecular formula is C18H18ClN5O4S. The van der Waals surface area contributed by atoms with Crippen LogP contribution >= 0.6 is 11.6 Å². The van der Waals surface area contributed by atoms with E-state index in [1.165, 1.54) is 21.8 Å². The maximum atomic E-state index is 12.7. The molecule has 1 fully saturated rings. The lowest BCUT2D eigenvalue weighted by Crippen LogP contribution is -2.32. The van der Waals surface area contributed by atoms with E-state index in [9.17, 15) is 18.0 Å². The van der Waals surface area contributed by atoms with Gasteiger partial charge in [0.1, 0.15) is 18.3 Å². The third-order valence-corrected chi connectivity index (χ3v) is 7.00. The zero-order chi connectivity index (χ0) is 20.6. The Hall–Kier alpha value is -2.72. The van der Waals surface area contributed by atoms with E-state index in [2.05, 4.69) is 15.4 Å². The molecule has 0 saturated carbocycles. The zero-order valence-electron chi connectivity index (χ0n) is 15.3. The Balaban J connectivity index is 1.50. The minimum absolute atomic E-state index is 0.0149. The maximum absolute atomic E-state index is 12.7. The lowest BCUT2D eigenvalue weighted by molar-refractivity contribution is -0.121. The topological polar surface area (TPSA) is 116 Å². The summed E-state index contributed by atoms with van der Waals surface area (Å²) >= 11 is 6.07. The van der Waals surface area contributed by atoms with Gasteiger partial charge in [0, 0.05) is 11.6 Å². The molecule has 3 heterocycles. The van der Waals surface area contributed by atoms with Gasteiger partial charge < -0.3 is 5.32 Å². The fraction of sp³-hybridized carbons (Fsp3) is 0.333. The van der Waals surface area contributed by atoms with Gasteiger partial charge in [0.05, 0.1) is 23.7 Å². The summed E-state index contributed by atoms with van der Waals surface area (Å²) in [4.78, 5) is 29.2. The molecule has 0 aliphatic carbocycles. The molecule has 1 saturated heterocycles. The molecular weight excluding hydrogens is 418 g/mol. The minimum atomic E-state index is -3.09. The highest BCUT2D eigenvalue weighted by atomic mass is 35.5. The maximum Gasteiger partial charge on any atom is 0.264 e. The SMILES string of the molecule is O=C(Cn1cnc2c(cnn2C2CCS(=O)(=O)C2)c1=O)NCc1ccccc1Cl. The number of aromatic nitrogens is 4. The Bertz CT molecular complexity index is 1250. The van der Waals surface area contributed by atoms with E-state index < -0.39 is 15.4 Å². The van der Waals surface area contributed by atoms with Crippen molar-refractivity contribution in [3.63, 3.8) is 0 Å². The van der Waals surface area contributed by atoms with Gasteiger partial charge in [-0.1, -0.05) is 29.8 Å². The molecule has 3 aromatic rings. The smallest absolute Gasteiger partial charge is 0.264 e. The van der Waals surface area contributed by atoms with Gasteiger partial charge in [-0.15, -0.1) is 0 Å². The van der Waals surface area contributed by atoms with E-state index >= 15 is 0 Å². The number of amides is 1. The molecule has 4 rings (SSSR count). The van der Waals surface area contributed by atoms with Gasteiger partial charge in [0.2, 0.25) is 5.91 Å². The van der Waals surface area contributed by atoms with Crippen molar-refractivity contribution in [2.24, 2.45) is 0 Å². The van der Waals surface area contributed by atoms with Gasteiger partial charge in [-0.25, -0.2) is 18.1 Å². The molecule has 1 aromatic carbocycles. The van der Waals surface area contributed by atoms with Crippen LogP contribution in [0.1, 0.15) is 18.0 Å². The van der Waals surface area contributed by atoms with E-state index in [1.54, 1.807) is 18.2 Å². The van der Waals surface area contributed by atoms with Gasteiger partial charge in [-0.05, 0) is 18.1 Å². The number of fused-ring (bicyclic) bond motifs is 1. The molecule has 1 atom stereocenters. The van der Waals surface area contributed by atoms with Crippen LogP contribution in [0.15, 0.2) is 41.6 Å². The van der Waals surface area contributed by atoms with Gasteiger partial charge in [-0.3, -0.25) is 14.2 Å². The lowest BCUT2D eigenvalue weighted by atomic mass is 10.2. The first-order valence-corrected chi connectivity index (χ1v) is 11.2. The van der Waals surface area contributed by atoms with Crippen LogP contribution in [0.4, 0.5) is 0 Å². The number of benzene rings is 1. The van der Waals surface area contributed by atoms with E-state index in [-0.39, 0.29) is 41.9 Å². The number of nitrogens with zero attached hydrogens (tertiary/aromatic N) is 4. The standard InChI is InChI=1S/C18H18ClN5O4S/c19-15-4-2-1-3-12(15)7-20-16(25)9-23-11-21-17-14(18(23)26)8-22-24(17)13-5-6-29(27,28)10-13/h1-4,8,11,13H,5-7,9-10H2,(H,20,25). The Kier molecular flexibility index (Phi) is 5.13. The Labute approximate surface area is 171 Å². The first kappa shape index (κ1) is 19.6. The van der Waals surface area contributed by atoms with Crippen LogP contribution in [0.2, 0.25) is 5.02 Å². The average Bonchev–Trinajstić information content (AvgIpc) is 3.26. The van der Waals surface area contributed by atoms with Crippen molar-refractivity contribution in [3.8, 4) is 0 Å². The van der Waals surface area contributed by atoms with Gasteiger partial charge in [-0.2, -0.15) is 5.10 Å². The molecule has 1 aliphatic rings. The molecule has 0 radical (unpaired) electrons. The molecule has 1 amide bonds. The van der Waals surface area contributed by atoms with Crippen molar-refractivity contribution < 1.29 is 13.2 Å². The number of carbonyl (C=O) groups is 1. The molecule has 0 spiro atoms. The number of hydrogen-bond acceptors (Lipinski definition) is 6. The normalized spacial score (nSPS) is 18.2. The second kappa shape index (κ2) is 7.60. The number of hydrogen-bond donors (Lipinski definition) is 1. The summed E-state index contributed by atoms with van der Waals surface area (Å²) in [6, 6.07) is 6.83. The van der Waals surface area contributed by atoms with Gasteiger partial charge in [0.25, 0.3) is 5.56 Å². The lowest BCUT2D eigenvalue weighted by Gasteiger charge is -2.10. The predicted octanol–water partition coefficient (Wildman–Crippen LogP) is 0.922. The summed E-state index contributed by atoms with van der Waals surface area (Å²) in [6.07, 6.45) is 3.09. The van der Waals surface area contributed by atoms with Crippen molar-refractivity contribution in [1.29, 1.82) is 0 Å². The van der Waals surface area contributed by atoms with Crippen LogP contribution in [0.25, 0.3) is 11.0 Å². The van der Waals surface area contributed by atoms with Crippen LogP contribution < -0.4 is 10.9 Å². The molecule has 2 aromatic heterocycles. The number of carbonyl (C=O) groups excluding carboxylic acids is 1. The van der Waals surface area contributed by atoms with Crippen molar-refractivity contribution >= 4 is 38.4 Å². The Morgan fingerprint density at radius 1 is 1.31 bits per heavy atom. The molecule has 1 N–H and O–H groups in total. The average molecular weight is 436 g/mol. The fourth-order valence-corrected chi connectivity index (χ4v) is 5.26. The van der Waals surface area contributed by atoms with Crippen molar-refractivity contribution in [2.75, 3.05) is 11.5 Å². The summed E-state index contributed by atoms with van der Waals surface area (Å²) in [7, 11) is -3.09. The van der Waals surface area contributed by atoms with Crippen molar-refractivity contribution in [1.82, 2.24) is 24.6 Å². The van der Waals surface area contributed by atoms with Crippen LogP contribution in [0.5, 0.6) is 0 Å². The highest BCUT2D eigenvalue weighted by Gasteiger charge is 2.31. The third kappa shape index (κ3) is 4.03. The number of halogens is 1. The van der Waals surface area contributed by atoms with Gasteiger partial charge in [0.15, 0.2) is 15.5 Å². The van der Waals surface area contributed by atoms with Crippen LogP contribution in [0, 0.1) is 0 Å². The zero-order valence-corrected chi connectivity index (χ0v) is 16.9. The number of nitrogens with one attached hydrogen (secondary N) is 1. The minimum Gasteiger partial charge on any atom is -0.350 e. The van der Waals surface area contributed by atoms with Crippen molar-refractivity contribution in [3.05, 3.63) is 57.7 Å². The summed E-state index contributed by atoms with van der Waals surface area (Å²) in [5, 5.41) is 7.69. The van der Waals surface area contributed by atoms with E-state index in [4.69, 9.17) is 11.6 Å². The second-order valence-electron chi connectivity index (χ2n) is 6.93. The summed E-state index contributed by atoms with van der Waals surface area (Å²) < 4.78 is 26.1. The largest absolute Gasteiger partial charge is 0.350 e. The van der Waals surface area contributed by atoms with E-state index in [0.29, 0.717) is 17.1 Å². The number of rotatable bonds is 5. The van der Waals surface area contributed by atoms with Crippen LogP contribution in [0.3, 0.4) is 0 Å². The first-order valence-electron chi connectivity index (χ1n) is 8.97. The van der Waals surface area contributed by atoms with Gasteiger partial charge >= 0.3 is 0 Å². The van der Waals surface area contributed by atoms with E-state index in [1.807, 2.05) is 6.07 Å². The Morgan fingerprint density at radius 3 is 2.83 bits per heavy atom. The Morgan fingerprint density at radius 2 is 2.10 bits per heavy atom.